The van der Waals surface area contributed by atoms with Crippen molar-refractivity contribution in [3.63, 3.8) is 0 Å². The summed E-state index contributed by atoms with van der Waals surface area (Å²) < 4.78 is 10.8. The highest BCUT2D eigenvalue weighted by Gasteiger charge is 2.27. The van der Waals surface area contributed by atoms with Crippen LogP contribution in [0.15, 0.2) is 34.9 Å². The summed E-state index contributed by atoms with van der Waals surface area (Å²) in [5, 5.41) is 2.81. The molecular weight excluding hydrogens is 322 g/mol. The predicted molar refractivity (Wildman–Crippen MR) is 91.4 cm³/mol. The zero-order valence-corrected chi connectivity index (χ0v) is 14.3. The van der Waals surface area contributed by atoms with Gasteiger partial charge in [0.1, 0.15) is 18.6 Å². The number of ether oxygens (including phenoxy) is 1. The first-order valence-electron chi connectivity index (χ1n) is 8.29. The Labute approximate surface area is 146 Å². The van der Waals surface area contributed by atoms with Gasteiger partial charge < -0.3 is 14.5 Å². The fourth-order valence-electron chi connectivity index (χ4n) is 2.52. The standard InChI is InChI=1S/C18H21N3O4/c1-12(2)7-8-19-18(23)13-10-25-16(20-13)9-21-14-5-3-4-6-15(14)24-11-17(21)22/h3-6,10,12H,7-9,11H2,1-2H3,(H,19,23). The van der Waals surface area contributed by atoms with E-state index in [0.717, 1.165) is 6.42 Å². The number of carbonyl (C=O) groups is 2. The zero-order valence-electron chi connectivity index (χ0n) is 14.3. The number of nitrogens with zero attached hydrogens (tertiary/aromatic N) is 2. The summed E-state index contributed by atoms with van der Waals surface area (Å²) in [6, 6.07) is 7.28. The smallest absolute Gasteiger partial charge is 0.273 e. The van der Waals surface area contributed by atoms with E-state index >= 15 is 0 Å². The van der Waals surface area contributed by atoms with E-state index in [0.29, 0.717) is 29.8 Å². The molecular formula is C18H21N3O4. The van der Waals surface area contributed by atoms with Gasteiger partial charge in [0, 0.05) is 6.54 Å². The van der Waals surface area contributed by atoms with Crippen molar-refractivity contribution in [2.24, 2.45) is 5.92 Å². The molecule has 0 aliphatic carbocycles. The fourth-order valence-corrected chi connectivity index (χ4v) is 2.52. The van der Waals surface area contributed by atoms with Crippen LogP contribution in [-0.4, -0.2) is 29.9 Å². The van der Waals surface area contributed by atoms with Crippen molar-refractivity contribution in [1.29, 1.82) is 0 Å². The number of hydrogen-bond acceptors (Lipinski definition) is 5. The molecule has 1 aromatic heterocycles. The minimum absolute atomic E-state index is 0.0275. The van der Waals surface area contributed by atoms with Gasteiger partial charge in [-0.3, -0.25) is 14.5 Å². The highest BCUT2D eigenvalue weighted by molar-refractivity contribution is 5.97. The van der Waals surface area contributed by atoms with E-state index in [1.807, 2.05) is 12.1 Å². The molecule has 0 saturated heterocycles. The lowest BCUT2D eigenvalue weighted by Gasteiger charge is -2.28. The number of oxazole rings is 1. The van der Waals surface area contributed by atoms with Gasteiger partial charge in [-0.25, -0.2) is 4.98 Å². The lowest BCUT2D eigenvalue weighted by Crippen LogP contribution is -2.38. The maximum Gasteiger partial charge on any atom is 0.273 e. The third kappa shape index (κ3) is 3.99. The average Bonchev–Trinajstić information content (AvgIpc) is 3.06. The molecule has 0 atom stereocenters. The Kier molecular flexibility index (Phi) is 5.02. The van der Waals surface area contributed by atoms with Gasteiger partial charge in [-0.15, -0.1) is 0 Å². The molecule has 7 heteroatoms. The molecule has 132 valence electrons. The van der Waals surface area contributed by atoms with E-state index in [1.165, 1.54) is 6.26 Å². The summed E-state index contributed by atoms with van der Waals surface area (Å²) in [4.78, 5) is 30.0. The summed E-state index contributed by atoms with van der Waals surface area (Å²) in [5.41, 5.74) is 0.882. The van der Waals surface area contributed by atoms with Crippen LogP contribution in [0, 0.1) is 5.92 Å². The van der Waals surface area contributed by atoms with Crippen LogP contribution in [0.3, 0.4) is 0 Å². The Morgan fingerprint density at radius 2 is 2.16 bits per heavy atom. The maximum absolute atomic E-state index is 12.2. The molecule has 3 rings (SSSR count). The molecule has 2 heterocycles. The summed E-state index contributed by atoms with van der Waals surface area (Å²) in [7, 11) is 0. The number of fused-ring (bicyclic) bond motifs is 1. The normalized spacial score (nSPS) is 13.6. The van der Waals surface area contributed by atoms with Crippen LogP contribution in [0.2, 0.25) is 0 Å². The highest BCUT2D eigenvalue weighted by atomic mass is 16.5. The molecule has 0 unspecified atom stereocenters. The molecule has 1 aromatic carbocycles. The Hall–Kier alpha value is -2.83. The van der Waals surface area contributed by atoms with Crippen LogP contribution in [0.1, 0.15) is 36.6 Å². The maximum atomic E-state index is 12.2. The number of rotatable bonds is 6. The van der Waals surface area contributed by atoms with Crippen LogP contribution in [-0.2, 0) is 11.3 Å². The Morgan fingerprint density at radius 1 is 1.36 bits per heavy atom. The van der Waals surface area contributed by atoms with Gasteiger partial charge in [-0.1, -0.05) is 26.0 Å². The topological polar surface area (TPSA) is 84.7 Å². The molecule has 0 fully saturated rings. The Bertz CT molecular complexity index is 769. The van der Waals surface area contributed by atoms with Gasteiger partial charge in [0.05, 0.1) is 5.69 Å². The van der Waals surface area contributed by atoms with Crippen LogP contribution in [0.4, 0.5) is 5.69 Å². The molecule has 7 nitrogen and oxygen atoms in total. The first kappa shape index (κ1) is 17.0. The lowest BCUT2D eigenvalue weighted by molar-refractivity contribution is -0.121. The number of anilines is 1. The number of hydrogen-bond donors (Lipinski definition) is 1. The van der Waals surface area contributed by atoms with E-state index in [1.54, 1.807) is 17.0 Å². The first-order chi connectivity index (χ1) is 12.0. The van der Waals surface area contributed by atoms with Crippen molar-refractivity contribution in [2.75, 3.05) is 18.1 Å². The lowest BCUT2D eigenvalue weighted by atomic mass is 10.1. The average molecular weight is 343 g/mol. The van der Waals surface area contributed by atoms with Crippen molar-refractivity contribution >= 4 is 17.5 Å². The molecule has 0 spiro atoms. The van der Waals surface area contributed by atoms with Crippen LogP contribution < -0.4 is 15.0 Å². The van der Waals surface area contributed by atoms with Gasteiger partial charge in [-0.2, -0.15) is 0 Å². The van der Waals surface area contributed by atoms with E-state index in [-0.39, 0.29) is 30.7 Å². The van der Waals surface area contributed by atoms with Gasteiger partial charge in [0.25, 0.3) is 11.8 Å². The van der Waals surface area contributed by atoms with Gasteiger partial charge >= 0.3 is 0 Å². The Morgan fingerprint density at radius 3 is 2.96 bits per heavy atom. The summed E-state index contributed by atoms with van der Waals surface area (Å²) in [5.74, 6) is 1.00. The number of amides is 2. The summed E-state index contributed by atoms with van der Waals surface area (Å²) >= 11 is 0. The molecule has 2 amide bonds. The number of aromatic nitrogens is 1. The molecule has 1 N–H and O–H groups in total. The second-order valence-electron chi connectivity index (χ2n) is 6.30. The van der Waals surface area contributed by atoms with Crippen LogP contribution in [0.25, 0.3) is 0 Å². The zero-order chi connectivity index (χ0) is 17.8. The molecule has 1 aliphatic heterocycles. The molecule has 0 radical (unpaired) electrons. The molecule has 25 heavy (non-hydrogen) atoms. The van der Waals surface area contributed by atoms with Gasteiger partial charge in [0.2, 0.25) is 5.89 Å². The fraction of sp³-hybridized carbons (Fsp3) is 0.389. The third-order valence-corrected chi connectivity index (χ3v) is 3.89. The summed E-state index contributed by atoms with van der Waals surface area (Å²) in [6.07, 6.45) is 2.21. The minimum atomic E-state index is -0.274. The Balaban J connectivity index is 1.67. The van der Waals surface area contributed by atoms with E-state index in [9.17, 15) is 9.59 Å². The van der Waals surface area contributed by atoms with Gasteiger partial charge in [-0.05, 0) is 24.5 Å². The van der Waals surface area contributed by atoms with Crippen molar-refractivity contribution in [1.82, 2.24) is 10.3 Å². The number of benzene rings is 1. The molecule has 2 aromatic rings. The third-order valence-electron chi connectivity index (χ3n) is 3.89. The molecule has 0 bridgehead atoms. The summed E-state index contributed by atoms with van der Waals surface area (Å²) in [6.45, 7) is 4.90. The van der Waals surface area contributed by atoms with Crippen molar-refractivity contribution in [3.8, 4) is 5.75 Å². The van der Waals surface area contributed by atoms with E-state index in [2.05, 4.69) is 24.1 Å². The van der Waals surface area contributed by atoms with Crippen molar-refractivity contribution < 1.29 is 18.7 Å². The molecule has 1 aliphatic rings. The van der Waals surface area contributed by atoms with Crippen LogP contribution >= 0.6 is 0 Å². The largest absolute Gasteiger partial charge is 0.482 e. The number of para-hydroxylation sites is 2. The quantitative estimate of drug-likeness (QED) is 0.870. The number of carbonyl (C=O) groups excluding carboxylic acids is 2. The number of nitrogens with one attached hydrogen (secondary N) is 1. The molecule has 0 saturated carbocycles. The first-order valence-corrected chi connectivity index (χ1v) is 8.29. The van der Waals surface area contributed by atoms with Crippen molar-refractivity contribution in [3.05, 3.63) is 42.1 Å². The minimum Gasteiger partial charge on any atom is -0.482 e. The highest BCUT2D eigenvalue weighted by Crippen LogP contribution is 2.32. The van der Waals surface area contributed by atoms with Crippen molar-refractivity contribution in [2.45, 2.75) is 26.8 Å². The second kappa shape index (κ2) is 7.38. The monoisotopic (exact) mass is 343 g/mol. The predicted octanol–water partition coefficient (Wildman–Crippen LogP) is 2.38. The second-order valence-corrected chi connectivity index (χ2v) is 6.30. The van der Waals surface area contributed by atoms with E-state index in [4.69, 9.17) is 9.15 Å². The SMILES string of the molecule is CC(C)CCNC(=O)c1coc(CN2C(=O)COc3ccccc32)n1. The van der Waals surface area contributed by atoms with E-state index < -0.39 is 0 Å². The van der Waals surface area contributed by atoms with Gasteiger partial charge in [0.15, 0.2) is 12.3 Å². The van der Waals surface area contributed by atoms with Crippen LogP contribution in [0.5, 0.6) is 5.75 Å².